The SMILES string of the molecule is COc1cc(-c2nnc3n2N=C(c2ccccc2C)CS3)cc(OC)c1OC. The smallest absolute Gasteiger partial charge is 0.212 e. The molecule has 0 spiro atoms. The van der Waals surface area contributed by atoms with E-state index in [2.05, 4.69) is 29.3 Å². The van der Waals surface area contributed by atoms with Crippen molar-refractivity contribution in [3.8, 4) is 28.6 Å². The molecule has 0 unspecified atom stereocenters. The lowest BCUT2D eigenvalue weighted by Gasteiger charge is -2.16. The number of fused-ring (bicyclic) bond motifs is 1. The number of ether oxygens (including phenoxy) is 3. The predicted octanol–water partition coefficient (Wildman–Crippen LogP) is 3.64. The molecule has 4 rings (SSSR count). The average Bonchev–Trinajstić information content (AvgIpc) is 3.16. The van der Waals surface area contributed by atoms with E-state index in [1.54, 1.807) is 37.8 Å². The lowest BCUT2D eigenvalue weighted by molar-refractivity contribution is 0.324. The molecule has 2 aromatic carbocycles. The Morgan fingerprint density at radius 1 is 0.964 bits per heavy atom. The van der Waals surface area contributed by atoms with Crippen LogP contribution in [0.3, 0.4) is 0 Å². The average molecular weight is 396 g/mol. The first kappa shape index (κ1) is 18.4. The molecule has 0 saturated heterocycles. The zero-order valence-corrected chi connectivity index (χ0v) is 16.9. The van der Waals surface area contributed by atoms with E-state index in [0.29, 0.717) is 23.1 Å². The minimum atomic E-state index is 0.533. The summed E-state index contributed by atoms with van der Waals surface area (Å²) in [7, 11) is 4.75. The van der Waals surface area contributed by atoms with E-state index in [1.165, 1.54) is 5.56 Å². The van der Waals surface area contributed by atoms with Crippen molar-refractivity contribution in [2.45, 2.75) is 12.1 Å². The Balaban J connectivity index is 1.84. The molecule has 7 nitrogen and oxygen atoms in total. The molecule has 8 heteroatoms. The number of benzene rings is 2. The van der Waals surface area contributed by atoms with Gasteiger partial charge in [-0.1, -0.05) is 36.0 Å². The highest BCUT2D eigenvalue weighted by atomic mass is 32.2. The maximum absolute atomic E-state index is 5.46. The van der Waals surface area contributed by atoms with Gasteiger partial charge in [-0.25, -0.2) is 0 Å². The molecule has 3 aromatic rings. The minimum Gasteiger partial charge on any atom is -0.493 e. The summed E-state index contributed by atoms with van der Waals surface area (Å²) in [4.78, 5) is 0. The number of hydrogen-bond donors (Lipinski definition) is 0. The summed E-state index contributed by atoms with van der Waals surface area (Å²) in [5.74, 6) is 3.01. The number of thioether (sulfide) groups is 1. The number of nitrogens with zero attached hydrogens (tertiary/aromatic N) is 4. The van der Waals surface area contributed by atoms with Crippen LogP contribution in [0.5, 0.6) is 17.2 Å². The predicted molar refractivity (Wildman–Crippen MR) is 109 cm³/mol. The van der Waals surface area contributed by atoms with Crippen molar-refractivity contribution in [1.82, 2.24) is 14.9 Å². The Morgan fingerprint density at radius 2 is 1.68 bits per heavy atom. The summed E-state index contributed by atoms with van der Waals surface area (Å²) in [6.45, 7) is 2.09. The van der Waals surface area contributed by atoms with Crippen LogP contribution >= 0.6 is 11.8 Å². The largest absolute Gasteiger partial charge is 0.493 e. The number of hydrogen-bond acceptors (Lipinski definition) is 7. The van der Waals surface area contributed by atoms with Crippen LogP contribution in [0, 0.1) is 6.92 Å². The third-order valence-corrected chi connectivity index (χ3v) is 5.48. The number of aromatic nitrogens is 3. The van der Waals surface area contributed by atoms with Crippen LogP contribution in [0.25, 0.3) is 11.4 Å². The maximum atomic E-state index is 5.46. The van der Waals surface area contributed by atoms with Crippen molar-refractivity contribution in [3.05, 3.63) is 47.5 Å². The van der Waals surface area contributed by atoms with E-state index in [1.807, 2.05) is 24.3 Å². The monoisotopic (exact) mass is 396 g/mol. The van der Waals surface area contributed by atoms with Crippen LogP contribution < -0.4 is 14.2 Å². The van der Waals surface area contributed by atoms with Gasteiger partial charge in [0.05, 0.1) is 27.0 Å². The van der Waals surface area contributed by atoms with Crippen LogP contribution in [-0.4, -0.2) is 47.7 Å². The van der Waals surface area contributed by atoms with Gasteiger partial charge in [0.2, 0.25) is 10.9 Å². The van der Waals surface area contributed by atoms with Gasteiger partial charge in [-0.05, 0) is 24.6 Å². The van der Waals surface area contributed by atoms with Gasteiger partial charge in [0, 0.05) is 16.9 Å². The highest BCUT2D eigenvalue weighted by Gasteiger charge is 2.23. The molecule has 0 saturated carbocycles. The highest BCUT2D eigenvalue weighted by Crippen LogP contribution is 2.41. The second-order valence-corrected chi connectivity index (χ2v) is 7.12. The molecule has 144 valence electrons. The van der Waals surface area contributed by atoms with Gasteiger partial charge >= 0.3 is 0 Å². The minimum absolute atomic E-state index is 0.533. The summed E-state index contributed by atoms with van der Waals surface area (Å²) < 4.78 is 18.1. The molecule has 0 atom stereocenters. The van der Waals surface area contributed by atoms with E-state index >= 15 is 0 Å². The molecule has 0 fully saturated rings. The molecule has 2 heterocycles. The molecule has 0 amide bonds. The van der Waals surface area contributed by atoms with Gasteiger partial charge in [0.1, 0.15) is 0 Å². The number of rotatable bonds is 5. The van der Waals surface area contributed by atoms with Crippen molar-refractivity contribution in [2.24, 2.45) is 5.10 Å². The van der Waals surface area contributed by atoms with Crippen molar-refractivity contribution in [3.63, 3.8) is 0 Å². The summed E-state index contributed by atoms with van der Waals surface area (Å²) >= 11 is 1.61. The van der Waals surface area contributed by atoms with Crippen LogP contribution in [-0.2, 0) is 0 Å². The first-order valence-corrected chi connectivity index (χ1v) is 9.67. The van der Waals surface area contributed by atoms with Crippen LogP contribution in [0.15, 0.2) is 46.7 Å². The van der Waals surface area contributed by atoms with Gasteiger partial charge < -0.3 is 14.2 Å². The van der Waals surface area contributed by atoms with Gasteiger partial charge in [-0.3, -0.25) is 0 Å². The number of methoxy groups -OCH3 is 3. The molecule has 1 aliphatic rings. The summed E-state index contributed by atoms with van der Waals surface area (Å²) in [5, 5.41) is 14.2. The molecule has 1 aromatic heterocycles. The molecular weight excluding hydrogens is 376 g/mol. The van der Waals surface area contributed by atoms with Gasteiger partial charge in [0.15, 0.2) is 17.3 Å². The van der Waals surface area contributed by atoms with E-state index in [9.17, 15) is 0 Å². The molecule has 0 radical (unpaired) electrons. The van der Waals surface area contributed by atoms with Crippen molar-refractivity contribution >= 4 is 17.5 Å². The van der Waals surface area contributed by atoms with Gasteiger partial charge in [0.25, 0.3) is 0 Å². The zero-order valence-electron chi connectivity index (χ0n) is 16.1. The lowest BCUT2D eigenvalue weighted by Crippen LogP contribution is -2.14. The molecule has 0 bridgehead atoms. The van der Waals surface area contributed by atoms with Crippen molar-refractivity contribution in [2.75, 3.05) is 27.1 Å². The third kappa shape index (κ3) is 3.09. The fourth-order valence-corrected chi connectivity index (χ4v) is 3.97. The molecule has 1 aliphatic heterocycles. The van der Waals surface area contributed by atoms with Gasteiger partial charge in [-0.15, -0.1) is 10.2 Å². The van der Waals surface area contributed by atoms with E-state index < -0.39 is 0 Å². The third-order valence-electron chi connectivity index (χ3n) is 4.55. The quantitative estimate of drug-likeness (QED) is 0.656. The first-order chi connectivity index (χ1) is 13.7. The fourth-order valence-electron chi connectivity index (χ4n) is 3.15. The van der Waals surface area contributed by atoms with E-state index in [-0.39, 0.29) is 0 Å². The Kier molecular flexibility index (Phi) is 4.95. The van der Waals surface area contributed by atoms with Crippen LogP contribution in [0.2, 0.25) is 0 Å². The van der Waals surface area contributed by atoms with Crippen LogP contribution in [0.1, 0.15) is 11.1 Å². The maximum Gasteiger partial charge on any atom is 0.212 e. The first-order valence-electron chi connectivity index (χ1n) is 8.68. The summed E-state index contributed by atoms with van der Waals surface area (Å²) in [6.07, 6.45) is 0. The van der Waals surface area contributed by atoms with Gasteiger partial charge in [-0.2, -0.15) is 9.78 Å². The Labute approximate surface area is 167 Å². The zero-order chi connectivity index (χ0) is 19.7. The highest BCUT2D eigenvalue weighted by molar-refractivity contribution is 7.99. The topological polar surface area (TPSA) is 70.8 Å². The second kappa shape index (κ2) is 7.55. The summed E-state index contributed by atoms with van der Waals surface area (Å²) in [5.41, 5.74) is 4.09. The molecular formula is C20H20N4O3S. The Hall–Kier alpha value is -3.00. The molecule has 28 heavy (non-hydrogen) atoms. The molecule has 0 N–H and O–H groups in total. The lowest BCUT2D eigenvalue weighted by atomic mass is 10.1. The van der Waals surface area contributed by atoms with E-state index in [0.717, 1.165) is 27.7 Å². The number of aryl methyl sites for hydroxylation is 1. The standard InChI is InChI=1S/C20H20N4O3S/c1-12-7-5-6-8-14(12)15-11-28-20-22-21-19(24(20)23-15)13-9-16(25-2)18(27-4)17(10-13)26-3/h5-10H,11H2,1-4H3. The van der Waals surface area contributed by atoms with Crippen molar-refractivity contribution < 1.29 is 14.2 Å². The summed E-state index contributed by atoms with van der Waals surface area (Å²) in [6, 6.07) is 11.9. The Morgan fingerprint density at radius 3 is 2.32 bits per heavy atom. The second-order valence-electron chi connectivity index (χ2n) is 6.18. The Bertz CT molecular complexity index is 1040. The van der Waals surface area contributed by atoms with Crippen molar-refractivity contribution in [1.29, 1.82) is 0 Å². The fraction of sp³-hybridized carbons (Fsp3) is 0.250. The molecule has 0 aliphatic carbocycles. The van der Waals surface area contributed by atoms with Crippen LogP contribution in [0.4, 0.5) is 0 Å². The normalized spacial score (nSPS) is 12.9. The van der Waals surface area contributed by atoms with E-state index in [4.69, 9.17) is 19.3 Å².